The number of hydrogen-bond acceptors (Lipinski definition) is 2. The Morgan fingerprint density at radius 2 is 2.33 bits per heavy atom. The maximum Gasteiger partial charge on any atom is 0.0623 e. The highest BCUT2D eigenvalue weighted by molar-refractivity contribution is 4.78. The van der Waals surface area contributed by atoms with E-state index in [9.17, 15) is 0 Å². The number of hydrogen-bond donors (Lipinski definition) is 1. The van der Waals surface area contributed by atoms with Gasteiger partial charge in [-0.15, -0.1) is 0 Å². The van der Waals surface area contributed by atoms with E-state index in [1.54, 1.807) is 0 Å². The molecule has 0 bridgehead atoms. The van der Waals surface area contributed by atoms with Crippen molar-refractivity contribution in [3.8, 4) is 0 Å². The third kappa shape index (κ3) is 3.11. The molecule has 1 aliphatic heterocycles. The molecule has 0 amide bonds. The second kappa shape index (κ2) is 4.83. The van der Waals surface area contributed by atoms with Crippen molar-refractivity contribution in [2.75, 3.05) is 13.2 Å². The summed E-state index contributed by atoms with van der Waals surface area (Å²) in [6.45, 7) is 8.64. The van der Waals surface area contributed by atoms with Gasteiger partial charge in [0.25, 0.3) is 0 Å². The standard InChI is InChI=1S/C10H21NO/c1-4-9(3)12-7-10-5-8(2)6-11-10/h8-11H,4-7H2,1-3H3. The average molecular weight is 171 g/mol. The molecule has 1 heterocycles. The highest BCUT2D eigenvalue weighted by Gasteiger charge is 2.20. The Balaban J connectivity index is 2.07. The van der Waals surface area contributed by atoms with E-state index < -0.39 is 0 Å². The second-order valence-electron chi connectivity index (χ2n) is 4.00. The lowest BCUT2D eigenvalue weighted by Gasteiger charge is -2.15. The summed E-state index contributed by atoms with van der Waals surface area (Å²) < 4.78 is 5.66. The number of nitrogens with one attached hydrogen (secondary N) is 1. The maximum absolute atomic E-state index is 5.66. The smallest absolute Gasteiger partial charge is 0.0623 e. The monoisotopic (exact) mass is 171 g/mol. The van der Waals surface area contributed by atoms with Crippen LogP contribution in [0.4, 0.5) is 0 Å². The van der Waals surface area contributed by atoms with Gasteiger partial charge in [-0.05, 0) is 32.2 Å². The molecule has 2 nitrogen and oxygen atoms in total. The Bertz CT molecular complexity index is 127. The summed E-state index contributed by atoms with van der Waals surface area (Å²) in [6, 6.07) is 0.606. The normalized spacial score (nSPS) is 32.2. The summed E-state index contributed by atoms with van der Waals surface area (Å²) >= 11 is 0. The molecule has 0 aromatic heterocycles. The van der Waals surface area contributed by atoms with Crippen molar-refractivity contribution in [1.82, 2.24) is 5.32 Å². The molecule has 0 aromatic carbocycles. The minimum absolute atomic E-state index is 0.419. The molecule has 0 spiro atoms. The molecule has 1 N–H and O–H groups in total. The van der Waals surface area contributed by atoms with Gasteiger partial charge in [0.2, 0.25) is 0 Å². The zero-order valence-electron chi connectivity index (χ0n) is 8.47. The molecule has 72 valence electrons. The van der Waals surface area contributed by atoms with Crippen molar-refractivity contribution in [3.63, 3.8) is 0 Å². The van der Waals surface area contributed by atoms with E-state index in [-0.39, 0.29) is 0 Å². The Labute approximate surface area is 75.7 Å². The lowest BCUT2D eigenvalue weighted by Crippen LogP contribution is -2.28. The molecule has 12 heavy (non-hydrogen) atoms. The van der Waals surface area contributed by atoms with Crippen molar-refractivity contribution in [2.45, 2.75) is 45.8 Å². The average Bonchev–Trinajstić information content (AvgIpc) is 2.47. The van der Waals surface area contributed by atoms with Crippen LogP contribution >= 0.6 is 0 Å². The van der Waals surface area contributed by atoms with E-state index in [1.807, 2.05) is 0 Å². The number of rotatable bonds is 4. The Morgan fingerprint density at radius 3 is 2.83 bits per heavy atom. The van der Waals surface area contributed by atoms with Crippen molar-refractivity contribution in [3.05, 3.63) is 0 Å². The molecular weight excluding hydrogens is 150 g/mol. The molecule has 0 aliphatic carbocycles. The van der Waals surface area contributed by atoms with Crippen LogP contribution in [0.2, 0.25) is 0 Å². The third-order valence-corrected chi connectivity index (χ3v) is 2.60. The zero-order valence-corrected chi connectivity index (χ0v) is 8.47. The Morgan fingerprint density at radius 1 is 1.58 bits per heavy atom. The predicted molar refractivity (Wildman–Crippen MR) is 51.3 cm³/mol. The van der Waals surface area contributed by atoms with Crippen LogP contribution in [-0.2, 0) is 4.74 Å². The van der Waals surface area contributed by atoms with Crippen LogP contribution in [0.3, 0.4) is 0 Å². The largest absolute Gasteiger partial charge is 0.377 e. The fraction of sp³-hybridized carbons (Fsp3) is 1.00. The predicted octanol–water partition coefficient (Wildman–Crippen LogP) is 1.80. The number of ether oxygens (including phenoxy) is 1. The van der Waals surface area contributed by atoms with Gasteiger partial charge in [-0.1, -0.05) is 13.8 Å². The van der Waals surface area contributed by atoms with Crippen LogP contribution in [0, 0.1) is 5.92 Å². The third-order valence-electron chi connectivity index (χ3n) is 2.60. The van der Waals surface area contributed by atoms with Gasteiger partial charge in [0, 0.05) is 6.04 Å². The molecule has 3 atom stereocenters. The van der Waals surface area contributed by atoms with Gasteiger partial charge in [-0.2, -0.15) is 0 Å². The molecule has 2 heteroatoms. The van der Waals surface area contributed by atoms with Gasteiger partial charge in [0.05, 0.1) is 12.7 Å². The molecule has 1 rings (SSSR count). The SMILES string of the molecule is CCC(C)OCC1CC(C)CN1. The second-order valence-corrected chi connectivity index (χ2v) is 4.00. The first-order chi connectivity index (χ1) is 5.72. The molecule has 0 saturated carbocycles. The lowest BCUT2D eigenvalue weighted by molar-refractivity contribution is 0.0504. The van der Waals surface area contributed by atoms with Crippen molar-refractivity contribution < 1.29 is 4.74 Å². The van der Waals surface area contributed by atoms with Gasteiger partial charge in [-0.3, -0.25) is 0 Å². The fourth-order valence-electron chi connectivity index (χ4n) is 1.55. The van der Waals surface area contributed by atoms with Crippen molar-refractivity contribution in [1.29, 1.82) is 0 Å². The quantitative estimate of drug-likeness (QED) is 0.696. The first-order valence-electron chi connectivity index (χ1n) is 5.07. The van der Waals surface area contributed by atoms with Gasteiger partial charge >= 0.3 is 0 Å². The first kappa shape index (κ1) is 10.0. The van der Waals surface area contributed by atoms with Crippen LogP contribution in [0.25, 0.3) is 0 Å². The lowest BCUT2D eigenvalue weighted by atomic mass is 10.1. The van der Waals surface area contributed by atoms with Crippen LogP contribution < -0.4 is 5.32 Å². The zero-order chi connectivity index (χ0) is 8.97. The van der Waals surface area contributed by atoms with E-state index in [2.05, 4.69) is 26.1 Å². The summed E-state index contributed by atoms with van der Waals surface area (Å²) in [6.07, 6.45) is 2.81. The van der Waals surface area contributed by atoms with E-state index in [1.165, 1.54) is 6.42 Å². The molecule has 0 aromatic rings. The minimum atomic E-state index is 0.419. The molecule has 3 unspecified atom stereocenters. The highest BCUT2D eigenvalue weighted by Crippen LogP contribution is 2.13. The topological polar surface area (TPSA) is 21.3 Å². The Hall–Kier alpha value is -0.0800. The fourth-order valence-corrected chi connectivity index (χ4v) is 1.55. The highest BCUT2D eigenvalue weighted by atomic mass is 16.5. The minimum Gasteiger partial charge on any atom is -0.377 e. The molecule has 1 saturated heterocycles. The van der Waals surface area contributed by atoms with Crippen molar-refractivity contribution >= 4 is 0 Å². The first-order valence-corrected chi connectivity index (χ1v) is 5.07. The van der Waals surface area contributed by atoms with Crippen LogP contribution in [0.1, 0.15) is 33.6 Å². The summed E-state index contributed by atoms with van der Waals surface area (Å²) in [5.41, 5.74) is 0. The molecule has 1 aliphatic rings. The van der Waals surface area contributed by atoms with Gasteiger partial charge in [0.15, 0.2) is 0 Å². The van der Waals surface area contributed by atoms with Crippen molar-refractivity contribution in [2.24, 2.45) is 5.92 Å². The van der Waals surface area contributed by atoms with E-state index >= 15 is 0 Å². The summed E-state index contributed by atoms with van der Waals surface area (Å²) in [7, 11) is 0. The van der Waals surface area contributed by atoms with E-state index in [0.29, 0.717) is 12.1 Å². The molecule has 0 radical (unpaired) electrons. The van der Waals surface area contributed by atoms with Gasteiger partial charge < -0.3 is 10.1 Å². The van der Waals surface area contributed by atoms with Gasteiger partial charge in [-0.25, -0.2) is 0 Å². The van der Waals surface area contributed by atoms with Crippen LogP contribution in [-0.4, -0.2) is 25.3 Å². The summed E-state index contributed by atoms with van der Waals surface area (Å²) in [5.74, 6) is 0.829. The van der Waals surface area contributed by atoms with E-state index in [0.717, 1.165) is 25.5 Å². The maximum atomic E-state index is 5.66. The molecular formula is C10H21NO. The molecule has 1 fully saturated rings. The van der Waals surface area contributed by atoms with E-state index in [4.69, 9.17) is 4.74 Å². The Kier molecular flexibility index (Phi) is 4.02. The summed E-state index contributed by atoms with van der Waals surface area (Å²) in [5, 5.41) is 3.46. The van der Waals surface area contributed by atoms with Crippen LogP contribution in [0.5, 0.6) is 0 Å². The summed E-state index contributed by atoms with van der Waals surface area (Å²) in [4.78, 5) is 0. The van der Waals surface area contributed by atoms with Gasteiger partial charge in [0.1, 0.15) is 0 Å². The van der Waals surface area contributed by atoms with Crippen LogP contribution in [0.15, 0.2) is 0 Å².